The fourth-order valence-corrected chi connectivity index (χ4v) is 4.31. The molecular weight excluding hydrogens is 297 g/mol. The minimum Gasteiger partial charge on any atom is -0.319 e. The van der Waals surface area contributed by atoms with Crippen LogP contribution in [-0.4, -0.2) is 18.6 Å². The van der Waals surface area contributed by atoms with Crippen LogP contribution in [0.2, 0.25) is 0 Å². The molecule has 0 bridgehead atoms. The molecule has 1 aromatic rings. The topological polar surface area (TPSA) is 24.9 Å². The molecule has 1 heterocycles. The number of halogens is 3. The van der Waals surface area contributed by atoms with Crippen molar-refractivity contribution in [2.24, 2.45) is 17.8 Å². The van der Waals surface area contributed by atoms with Gasteiger partial charge in [-0.2, -0.15) is 13.2 Å². The lowest BCUT2D eigenvalue weighted by molar-refractivity contribution is -0.137. The van der Waals surface area contributed by atoms with Crippen LogP contribution in [-0.2, 0) is 6.18 Å². The minimum absolute atomic E-state index is 0.201. The van der Waals surface area contributed by atoms with Crippen molar-refractivity contribution >= 4 is 11.3 Å². The van der Waals surface area contributed by atoms with Crippen molar-refractivity contribution < 1.29 is 13.2 Å². The molecule has 0 spiro atoms. The number of rotatable bonds is 4. The molecule has 3 unspecified atom stereocenters. The maximum atomic E-state index is 12.8. The van der Waals surface area contributed by atoms with Crippen molar-refractivity contribution in [3.05, 3.63) is 16.1 Å². The van der Waals surface area contributed by atoms with Crippen LogP contribution in [0.5, 0.6) is 0 Å². The molecule has 2 nitrogen and oxygen atoms in total. The molecule has 1 N–H and O–H groups in total. The fourth-order valence-electron chi connectivity index (χ4n) is 3.32. The summed E-state index contributed by atoms with van der Waals surface area (Å²) in [4.78, 5) is 4.40. The third-order valence-corrected chi connectivity index (χ3v) is 5.75. The average Bonchev–Trinajstić information content (AvgIpc) is 2.88. The predicted molar refractivity (Wildman–Crippen MR) is 79.5 cm³/mol. The molecule has 1 aliphatic rings. The van der Waals surface area contributed by atoms with Gasteiger partial charge in [0.15, 0.2) is 5.01 Å². The van der Waals surface area contributed by atoms with Crippen molar-refractivity contribution in [3.63, 3.8) is 0 Å². The van der Waals surface area contributed by atoms with Crippen LogP contribution in [0.4, 0.5) is 13.2 Å². The first-order valence-electron chi connectivity index (χ1n) is 7.50. The predicted octanol–water partition coefficient (Wildman–Crippen LogP) is 4.54. The molecule has 6 heteroatoms. The van der Waals surface area contributed by atoms with Crippen molar-refractivity contribution in [3.8, 4) is 0 Å². The summed E-state index contributed by atoms with van der Waals surface area (Å²) >= 11 is 0.826. The summed E-state index contributed by atoms with van der Waals surface area (Å²) in [6, 6.07) is 0. The molecule has 2 rings (SSSR count). The highest BCUT2D eigenvalue weighted by molar-refractivity contribution is 7.11. The standard InChI is InChI=1S/C15H23F3N2S/c1-9(2)10-4-5-11(7-19-3)12(6-10)13-8-20-14(21-13)15(16,17)18/h8-12,19H,4-7H2,1-3H3. The van der Waals surface area contributed by atoms with Crippen LogP contribution in [0.25, 0.3) is 0 Å². The molecule has 1 fully saturated rings. The molecule has 0 saturated heterocycles. The van der Waals surface area contributed by atoms with Gasteiger partial charge in [-0.3, -0.25) is 0 Å². The summed E-state index contributed by atoms with van der Waals surface area (Å²) in [5, 5.41) is 2.46. The van der Waals surface area contributed by atoms with Gasteiger partial charge in [-0.15, -0.1) is 11.3 Å². The van der Waals surface area contributed by atoms with Gasteiger partial charge in [0, 0.05) is 11.1 Å². The van der Waals surface area contributed by atoms with E-state index in [2.05, 4.69) is 24.1 Å². The zero-order chi connectivity index (χ0) is 15.6. The Balaban J connectivity index is 2.20. The Hall–Kier alpha value is -0.620. The third kappa shape index (κ3) is 3.97. The molecule has 21 heavy (non-hydrogen) atoms. The maximum Gasteiger partial charge on any atom is 0.443 e. The van der Waals surface area contributed by atoms with E-state index in [0.717, 1.165) is 35.6 Å². The van der Waals surface area contributed by atoms with Crippen molar-refractivity contribution in [2.45, 2.75) is 45.2 Å². The van der Waals surface area contributed by atoms with E-state index in [1.54, 1.807) is 0 Å². The Bertz CT molecular complexity index is 456. The molecule has 0 radical (unpaired) electrons. The van der Waals surface area contributed by atoms with Crippen molar-refractivity contribution in [2.75, 3.05) is 13.6 Å². The highest BCUT2D eigenvalue weighted by atomic mass is 32.1. The van der Waals surface area contributed by atoms with Gasteiger partial charge >= 0.3 is 6.18 Å². The zero-order valence-electron chi connectivity index (χ0n) is 12.7. The summed E-state index contributed by atoms with van der Waals surface area (Å²) in [6.07, 6.45) is 0.347. The highest BCUT2D eigenvalue weighted by Gasteiger charge is 2.38. The lowest BCUT2D eigenvalue weighted by Gasteiger charge is -2.37. The molecule has 120 valence electrons. The molecule has 3 atom stereocenters. The normalized spacial score (nSPS) is 27.3. The van der Waals surface area contributed by atoms with Gasteiger partial charge in [-0.1, -0.05) is 13.8 Å². The van der Waals surface area contributed by atoms with Crippen LogP contribution in [0.15, 0.2) is 6.20 Å². The number of nitrogens with one attached hydrogen (secondary N) is 1. The Morgan fingerprint density at radius 2 is 2.10 bits per heavy atom. The summed E-state index contributed by atoms with van der Waals surface area (Å²) in [7, 11) is 1.90. The van der Waals surface area contributed by atoms with Gasteiger partial charge < -0.3 is 5.32 Å². The van der Waals surface area contributed by atoms with Crippen LogP contribution in [0.1, 0.15) is 48.9 Å². The van der Waals surface area contributed by atoms with Gasteiger partial charge in [-0.25, -0.2) is 4.98 Å². The number of thiazole rings is 1. The molecule has 1 aromatic heterocycles. The van der Waals surface area contributed by atoms with E-state index in [1.807, 2.05) is 7.05 Å². The number of hydrogen-bond acceptors (Lipinski definition) is 3. The molecule has 1 aliphatic carbocycles. The van der Waals surface area contributed by atoms with Gasteiger partial charge in [0.1, 0.15) is 0 Å². The quantitative estimate of drug-likeness (QED) is 0.881. The first-order valence-corrected chi connectivity index (χ1v) is 8.32. The van der Waals surface area contributed by atoms with Gasteiger partial charge in [0.05, 0.1) is 0 Å². The van der Waals surface area contributed by atoms with E-state index >= 15 is 0 Å². The van der Waals surface area contributed by atoms with Crippen LogP contribution >= 0.6 is 11.3 Å². The Kier molecular flexibility index (Phi) is 5.30. The average molecular weight is 320 g/mol. The third-order valence-electron chi connectivity index (χ3n) is 4.57. The smallest absolute Gasteiger partial charge is 0.319 e. The van der Waals surface area contributed by atoms with E-state index in [4.69, 9.17) is 0 Å². The first kappa shape index (κ1) is 16.7. The van der Waals surface area contributed by atoms with Gasteiger partial charge in [0.2, 0.25) is 0 Å². The molecular formula is C15H23F3N2S. The molecule has 0 aliphatic heterocycles. The summed E-state index contributed by atoms with van der Waals surface area (Å²) in [6.45, 7) is 5.26. The summed E-state index contributed by atoms with van der Waals surface area (Å²) in [5.74, 6) is 1.79. The molecule has 0 amide bonds. The number of nitrogens with zero attached hydrogens (tertiary/aromatic N) is 1. The SMILES string of the molecule is CNCC1CCC(C(C)C)CC1c1cnc(C(F)(F)F)s1. The van der Waals surface area contributed by atoms with Gasteiger partial charge in [0.25, 0.3) is 0 Å². The maximum absolute atomic E-state index is 12.8. The summed E-state index contributed by atoms with van der Waals surface area (Å²) < 4.78 is 38.3. The Morgan fingerprint density at radius 3 is 2.62 bits per heavy atom. The van der Waals surface area contributed by atoms with E-state index in [0.29, 0.717) is 17.8 Å². The highest BCUT2D eigenvalue weighted by Crippen LogP contribution is 2.45. The zero-order valence-corrected chi connectivity index (χ0v) is 13.5. The van der Waals surface area contributed by atoms with Crippen LogP contribution < -0.4 is 5.32 Å². The molecule has 1 saturated carbocycles. The second-order valence-corrected chi connectivity index (χ2v) is 7.37. The molecule has 0 aromatic carbocycles. The first-order chi connectivity index (χ1) is 9.82. The Morgan fingerprint density at radius 1 is 1.38 bits per heavy atom. The van der Waals surface area contributed by atoms with Gasteiger partial charge in [-0.05, 0) is 56.5 Å². The lowest BCUT2D eigenvalue weighted by atomic mass is 9.70. The number of hydrogen-bond donors (Lipinski definition) is 1. The van der Waals surface area contributed by atoms with E-state index in [-0.39, 0.29) is 5.92 Å². The lowest BCUT2D eigenvalue weighted by Crippen LogP contribution is -2.31. The number of alkyl halides is 3. The summed E-state index contributed by atoms with van der Waals surface area (Å²) in [5.41, 5.74) is 0. The van der Waals surface area contributed by atoms with Crippen LogP contribution in [0, 0.1) is 17.8 Å². The Labute approximate surface area is 128 Å². The second-order valence-electron chi connectivity index (χ2n) is 6.31. The monoisotopic (exact) mass is 320 g/mol. The van der Waals surface area contributed by atoms with Crippen LogP contribution in [0.3, 0.4) is 0 Å². The fraction of sp³-hybridized carbons (Fsp3) is 0.800. The van der Waals surface area contributed by atoms with Crippen molar-refractivity contribution in [1.82, 2.24) is 10.3 Å². The van der Waals surface area contributed by atoms with Crippen molar-refractivity contribution in [1.29, 1.82) is 0 Å². The number of aromatic nitrogens is 1. The minimum atomic E-state index is -4.33. The van der Waals surface area contributed by atoms with E-state index < -0.39 is 11.2 Å². The van der Waals surface area contributed by atoms with E-state index in [9.17, 15) is 13.2 Å². The largest absolute Gasteiger partial charge is 0.443 e. The second kappa shape index (κ2) is 6.65. The van der Waals surface area contributed by atoms with E-state index in [1.165, 1.54) is 12.6 Å².